The van der Waals surface area contributed by atoms with E-state index in [1.165, 1.54) is 13.2 Å². The predicted molar refractivity (Wildman–Crippen MR) is 84.7 cm³/mol. The van der Waals surface area contributed by atoms with Crippen LogP contribution in [0.2, 0.25) is 0 Å². The summed E-state index contributed by atoms with van der Waals surface area (Å²) >= 11 is 0. The van der Waals surface area contributed by atoms with Crippen molar-refractivity contribution in [3.8, 4) is 11.1 Å². The SMILES string of the molecule is COC(=O)Cn1c(C)c(-c2ccc(=O)[nH]c2)c2ccccc21. The molecule has 0 saturated heterocycles. The van der Waals surface area contributed by atoms with Gasteiger partial charge in [0.2, 0.25) is 5.56 Å². The highest BCUT2D eigenvalue weighted by Crippen LogP contribution is 2.33. The fourth-order valence-electron chi connectivity index (χ4n) is 2.76. The third kappa shape index (κ3) is 2.30. The van der Waals surface area contributed by atoms with Crippen molar-refractivity contribution < 1.29 is 9.53 Å². The number of esters is 1. The lowest BCUT2D eigenvalue weighted by atomic mass is 10.0. The van der Waals surface area contributed by atoms with E-state index in [9.17, 15) is 9.59 Å². The van der Waals surface area contributed by atoms with Gasteiger partial charge in [-0.05, 0) is 19.1 Å². The summed E-state index contributed by atoms with van der Waals surface area (Å²) in [5.41, 5.74) is 3.71. The molecule has 5 nitrogen and oxygen atoms in total. The molecule has 0 fully saturated rings. The van der Waals surface area contributed by atoms with E-state index in [2.05, 4.69) is 4.98 Å². The van der Waals surface area contributed by atoms with Gasteiger partial charge in [0.1, 0.15) is 6.54 Å². The number of nitrogens with zero attached hydrogens (tertiary/aromatic N) is 1. The van der Waals surface area contributed by atoms with Crippen LogP contribution in [-0.2, 0) is 16.1 Å². The molecule has 1 N–H and O–H groups in total. The van der Waals surface area contributed by atoms with Gasteiger partial charge < -0.3 is 14.3 Å². The fraction of sp³-hybridized carbons (Fsp3) is 0.176. The number of nitrogens with one attached hydrogen (secondary N) is 1. The number of rotatable bonds is 3. The van der Waals surface area contributed by atoms with Gasteiger partial charge in [-0.15, -0.1) is 0 Å². The smallest absolute Gasteiger partial charge is 0.325 e. The number of pyridine rings is 1. The Morgan fingerprint density at radius 2 is 2.00 bits per heavy atom. The topological polar surface area (TPSA) is 64.1 Å². The molecule has 0 atom stereocenters. The Balaban J connectivity index is 2.26. The Hall–Kier alpha value is -2.82. The number of para-hydroxylation sites is 1. The summed E-state index contributed by atoms with van der Waals surface area (Å²) in [4.78, 5) is 25.6. The first kappa shape index (κ1) is 14.1. The van der Waals surface area contributed by atoms with Crippen LogP contribution >= 0.6 is 0 Å². The molecule has 5 heteroatoms. The lowest BCUT2D eigenvalue weighted by molar-refractivity contribution is -0.141. The number of hydrogen-bond donors (Lipinski definition) is 1. The molecule has 0 aliphatic heterocycles. The number of H-pyrrole nitrogens is 1. The van der Waals surface area contributed by atoms with E-state index in [-0.39, 0.29) is 18.1 Å². The molecule has 0 amide bonds. The number of methoxy groups -OCH3 is 1. The maximum atomic E-state index is 11.7. The first-order valence-electron chi connectivity index (χ1n) is 6.95. The minimum absolute atomic E-state index is 0.139. The van der Waals surface area contributed by atoms with Crippen molar-refractivity contribution in [3.05, 3.63) is 58.6 Å². The van der Waals surface area contributed by atoms with Gasteiger partial charge >= 0.3 is 5.97 Å². The van der Waals surface area contributed by atoms with E-state index in [0.29, 0.717) is 0 Å². The van der Waals surface area contributed by atoms with E-state index in [1.54, 1.807) is 12.3 Å². The number of carbonyl (C=O) groups excluding carboxylic acids is 1. The molecule has 22 heavy (non-hydrogen) atoms. The third-order valence-electron chi connectivity index (χ3n) is 3.82. The molecule has 2 heterocycles. The second kappa shape index (κ2) is 5.52. The second-order valence-corrected chi connectivity index (χ2v) is 5.08. The number of fused-ring (bicyclic) bond motifs is 1. The highest BCUT2D eigenvalue weighted by atomic mass is 16.5. The lowest BCUT2D eigenvalue weighted by Crippen LogP contribution is -2.12. The zero-order valence-electron chi connectivity index (χ0n) is 12.4. The van der Waals surface area contributed by atoms with Crippen LogP contribution in [0.1, 0.15) is 5.69 Å². The van der Waals surface area contributed by atoms with Crippen molar-refractivity contribution in [2.75, 3.05) is 7.11 Å². The molecule has 3 rings (SSSR count). The Morgan fingerprint density at radius 1 is 1.23 bits per heavy atom. The van der Waals surface area contributed by atoms with Crippen molar-refractivity contribution in [2.45, 2.75) is 13.5 Å². The average Bonchev–Trinajstić information content (AvgIpc) is 2.81. The van der Waals surface area contributed by atoms with Crippen molar-refractivity contribution in [1.29, 1.82) is 0 Å². The van der Waals surface area contributed by atoms with Crippen molar-refractivity contribution in [2.24, 2.45) is 0 Å². The fourth-order valence-corrected chi connectivity index (χ4v) is 2.76. The Kier molecular flexibility index (Phi) is 3.55. The summed E-state index contributed by atoms with van der Waals surface area (Å²) in [6.45, 7) is 2.12. The molecule has 0 spiro atoms. The van der Waals surface area contributed by atoms with Gasteiger partial charge in [-0.25, -0.2) is 0 Å². The average molecular weight is 296 g/mol. The minimum Gasteiger partial charge on any atom is -0.468 e. The van der Waals surface area contributed by atoms with Crippen LogP contribution in [-0.4, -0.2) is 22.6 Å². The van der Waals surface area contributed by atoms with Crippen LogP contribution in [0.15, 0.2) is 47.4 Å². The Bertz CT molecular complexity index is 885. The summed E-state index contributed by atoms with van der Waals surface area (Å²) in [5, 5.41) is 1.04. The molecule has 0 radical (unpaired) electrons. The number of carbonyl (C=O) groups is 1. The molecule has 0 bridgehead atoms. The summed E-state index contributed by atoms with van der Waals surface area (Å²) in [6.07, 6.45) is 1.69. The van der Waals surface area contributed by atoms with Crippen molar-refractivity contribution in [3.63, 3.8) is 0 Å². The molecule has 0 saturated carbocycles. The normalized spacial score (nSPS) is 10.8. The van der Waals surface area contributed by atoms with E-state index in [4.69, 9.17) is 4.74 Å². The van der Waals surface area contributed by atoms with Gasteiger partial charge in [-0.3, -0.25) is 9.59 Å². The van der Waals surface area contributed by atoms with E-state index in [0.717, 1.165) is 27.7 Å². The molecule has 0 unspecified atom stereocenters. The minimum atomic E-state index is -0.295. The molecule has 1 aromatic carbocycles. The first-order chi connectivity index (χ1) is 10.6. The zero-order valence-corrected chi connectivity index (χ0v) is 12.4. The molecule has 0 aliphatic carbocycles. The Labute approximate surface area is 127 Å². The molecule has 112 valence electrons. The predicted octanol–water partition coefficient (Wildman–Crippen LogP) is 2.48. The highest BCUT2D eigenvalue weighted by Gasteiger charge is 2.17. The molecule has 2 aromatic heterocycles. The highest BCUT2D eigenvalue weighted by molar-refractivity contribution is 5.98. The van der Waals surface area contributed by atoms with Crippen LogP contribution in [0.4, 0.5) is 0 Å². The number of benzene rings is 1. The number of ether oxygens (including phenoxy) is 1. The molecule has 0 aliphatic rings. The first-order valence-corrected chi connectivity index (χ1v) is 6.95. The van der Waals surface area contributed by atoms with Gasteiger partial charge in [0.05, 0.1) is 7.11 Å². The van der Waals surface area contributed by atoms with Gasteiger partial charge in [-0.1, -0.05) is 18.2 Å². The second-order valence-electron chi connectivity index (χ2n) is 5.08. The third-order valence-corrected chi connectivity index (χ3v) is 3.82. The van der Waals surface area contributed by atoms with E-state index in [1.807, 2.05) is 35.8 Å². The standard InChI is InChI=1S/C17H16N2O3/c1-11-17(12-7-8-15(20)18-9-12)13-5-3-4-6-14(13)19(11)10-16(21)22-2/h3-9H,10H2,1-2H3,(H,18,20). The summed E-state index contributed by atoms with van der Waals surface area (Å²) < 4.78 is 6.71. The van der Waals surface area contributed by atoms with Crippen molar-refractivity contribution in [1.82, 2.24) is 9.55 Å². The van der Waals surface area contributed by atoms with Gasteiger partial charge in [0.25, 0.3) is 0 Å². The molecular formula is C17H16N2O3. The van der Waals surface area contributed by atoms with Crippen LogP contribution in [0, 0.1) is 6.92 Å². The molecule has 3 aromatic rings. The summed E-state index contributed by atoms with van der Waals surface area (Å²) in [6, 6.07) is 11.2. The van der Waals surface area contributed by atoms with Gasteiger partial charge in [0.15, 0.2) is 0 Å². The van der Waals surface area contributed by atoms with Gasteiger partial charge in [-0.2, -0.15) is 0 Å². The van der Waals surface area contributed by atoms with E-state index < -0.39 is 0 Å². The van der Waals surface area contributed by atoms with Crippen LogP contribution < -0.4 is 5.56 Å². The number of aromatic amines is 1. The monoisotopic (exact) mass is 296 g/mol. The Morgan fingerprint density at radius 3 is 2.68 bits per heavy atom. The maximum Gasteiger partial charge on any atom is 0.325 e. The quantitative estimate of drug-likeness (QED) is 0.755. The number of aromatic nitrogens is 2. The van der Waals surface area contributed by atoms with E-state index >= 15 is 0 Å². The zero-order chi connectivity index (χ0) is 15.7. The summed E-state index contributed by atoms with van der Waals surface area (Å²) in [5.74, 6) is -0.295. The van der Waals surface area contributed by atoms with Crippen LogP contribution in [0.25, 0.3) is 22.0 Å². The van der Waals surface area contributed by atoms with Crippen LogP contribution in [0.5, 0.6) is 0 Å². The lowest BCUT2D eigenvalue weighted by Gasteiger charge is -2.07. The van der Waals surface area contributed by atoms with Gasteiger partial charge in [0, 0.05) is 40.0 Å². The maximum absolute atomic E-state index is 11.7. The van der Waals surface area contributed by atoms with Crippen LogP contribution in [0.3, 0.4) is 0 Å². The largest absolute Gasteiger partial charge is 0.468 e. The number of hydrogen-bond acceptors (Lipinski definition) is 3. The van der Waals surface area contributed by atoms with Crippen molar-refractivity contribution >= 4 is 16.9 Å². The summed E-state index contributed by atoms with van der Waals surface area (Å²) in [7, 11) is 1.38. The molecular weight excluding hydrogens is 280 g/mol.